The van der Waals surface area contributed by atoms with E-state index in [1.165, 1.54) is 0 Å². The molecule has 5 heteroatoms. The van der Waals surface area contributed by atoms with E-state index >= 15 is 0 Å². The molecule has 0 aromatic carbocycles. The molecule has 1 atom stereocenters. The predicted octanol–water partition coefficient (Wildman–Crippen LogP) is -0.295. The molecular formula is C8H16N2O3. The average Bonchev–Trinajstić information content (AvgIpc) is 2.04. The molecule has 0 aliphatic rings. The van der Waals surface area contributed by atoms with Crippen molar-refractivity contribution in [2.75, 3.05) is 6.54 Å². The van der Waals surface area contributed by atoms with E-state index in [9.17, 15) is 9.59 Å². The minimum Gasteiger partial charge on any atom is -0.481 e. The second kappa shape index (κ2) is 6.42. The summed E-state index contributed by atoms with van der Waals surface area (Å²) >= 11 is 0. The highest BCUT2D eigenvalue weighted by Gasteiger charge is 2.11. The van der Waals surface area contributed by atoms with Gasteiger partial charge in [-0.1, -0.05) is 13.3 Å². The quantitative estimate of drug-likeness (QED) is 0.533. The lowest BCUT2D eigenvalue weighted by molar-refractivity contribution is -0.136. The van der Waals surface area contributed by atoms with Crippen molar-refractivity contribution < 1.29 is 14.7 Å². The van der Waals surface area contributed by atoms with E-state index in [0.717, 1.165) is 6.42 Å². The number of carboxylic acid groups (broad SMARTS) is 1. The molecule has 0 bridgehead atoms. The molecule has 0 aliphatic carbocycles. The van der Waals surface area contributed by atoms with E-state index in [2.05, 4.69) is 5.32 Å². The van der Waals surface area contributed by atoms with Gasteiger partial charge >= 0.3 is 5.97 Å². The van der Waals surface area contributed by atoms with Gasteiger partial charge in [-0.25, -0.2) is 0 Å². The van der Waals surface area contributed by atoms with Crippen LogP contribution < -0.4 is 11.1 Å². The zero-order valence-corrected chi connectivity index (χ0v) is 7.75. The second-order valence-corrected chi connectivity index (χ2v) is 2.83. The Kier molecular flexibility index (Phi) is 5.88. The van der Waals surface area contributed by atoms with Gasteiger partial charge in [-0.05, 0) is 6.42 Å². The lowest BCUT2D eigenvalue weighted by atomic mass is 10.2. The van der Waals surface area contributed by atoms with Crippen LogP contribution in [-0.4, -0.2) is 29.6 Å². The van der Waals surface area contributed by atoms with Crippen LogP contribution >= 0.6 is 0 Å². The summed E-state index contributed by atoms with van der Waals surface area (Å²) in [5.74, 6) is -1.20. The van der Waals surface area contributed by atoms with Gasteiger partial charge in [-0.2, -0.15) is 0 Å². The third kappa shape index (κ3) is 6.10. The Morgan fingerprint density at radius 3 is 2.62 bits per heavy atom. The molecule has 0 spiro atoms. The van der Waals surface area contributed by atoms with Gasteiger partial charge in [-0.3, -0.25) is 9.59 Å². The van der Waals surface area contributed by atoms with E-state index in [0.29, 0.717) is 6.42 Å². The van der Waals surface area contributed by atoms with Gasteiger partial charge < -0.3 is 16.2 Å². The second-order valence-electron chi connectivity index (χ2n) is 2.83. The van der Waals surface area contributed by atoms with Crippen LogP contribution in [0.2, 0.25) is 0 Å². The molecule has 4 N–H and O–H groups in total. The first-order valence-corrected chi connectivity index (χ1v) is 4.33. The first-order chi connectivity index (χ1) is 6.07. The topological polar surface area (TPSA) is 92.4 Å². The molecule has 0 fully saturated rings. The maximum Gasteiger partial charge on any atom is 0.305 e. The van der Waals surface area contributed by atoms with Crippen molar-refractivity contribution in [3.05, 3.63) is 0 Å². The molecule has 13 heavy (non-hydrogen) atoms. The number of aliphatic carboxylic acids is 1. The molecule has 5 nitrogen and oxygen atoms in total. The van der Waals surface area contributed by atoms with Crippen LogP contribution in [0.5, 0.6) is 0 Å². The van der Waals surface area contributed by atoms with Gasteiger partial charge in [0.05, 0.1) is 12.5 Å². The lowest BCUT2D eigenvalue weighted by Gasteiger charge is -2.09. The van der Waals surface area contributed by atoms with Crippen molar-refractivity contribution in [3.8, 4) is 0 Å². The number of carbonyl (C=O) groups excluding carboxylic acids is 1. The van der Waals surface area contributed by atoms with Gasteiger partial charge in [0.1, 0.15) is 0 Å². The number of carboxylic acids is 1. The van der Waals surface area contributed by atoms with Crippen LogP contribution in [0.4, 0.5) is 0 Å². The Labute approximate surface area is 77.3 Å². The zero-order chi connectivity index (χ0) is 10.3. The van der Waals surface area contributed by atoms with E-state index in [1.807, 2.05) is 6.92 Å². The molecule has 0 aromatic rings. The first-order valence-electron chi connectivity index (χ1n) is 4.33. The molecule has 0 aliphatic heterocycles. The maximum absolute atomic E-state index is 11.1. The van der Waals surface area contributed by atoms with Crippen molar-refractivity contribution in [2.24, 2.45) is 5.73 Å². The maximum atomic E-state index is 11.1. The van der Waals surface area contributed by atoms with Crippen LogP contribution in [-0.2, 0) is 9.59 Å². The largest absolute Gasteiger partial charge is 0.481 e. The third-order valence-electron chi connectivity index (χ3n) is 1.57. The fraction of sp³-hybridized carbons (Fsp3) is 0.750. The van der Waals surface area contributed by atoms with E-state index in [4.69, 9.17) is 10.8 Å². The molecule has 76 valence electrons. The molecule has 0 unspecified atom stereocenters. The minimum absolute atomic E-state index is 0.0649. The Hall–Kier alpha value is -1.10. The summed E-state index contributed by atoms with van der Waals surface area (Å²) in [6.07, 6.45) is 1.40. The fourth-order valence-corrected chi connectivity index (χ4v) is 0.866. The minimum atomic E-state index is -0.927. The summed E-state index contributed by atoms with van der Waals surface area (Å²) in [5.41, 5.74) is 5.49. The smallest absolute Gasteiger partial charge is 0.305 e. The molecular weight excluding hydrogens is 172 g/mol. The first kappa shape index (κ1) is 11.9. The summed E-state index contributed by atoms with van der Waals surface area (Å²) in [7, 11) is 0. The molecule has 1 amide bonds. The highest BCUT2D eigenvalue weighted by Crippen LogP contribution is 1.92. The average molecular weight is 188 g/mol. The Balaban J connectivity index is 3.55. The van der Waals surface area contributed by atoms with Crippen molar-refractivity contribution in [1.82, 2.24) is 5.32 Å². The highest BCUT2D eigenvalue weighted by molar-refractivity contribution is 5.81. The standard InChI is InChI=1S/C8H16N2O3/c1-2-3-6(9)8(13)10-5-4-7(11)12/h6H,2-5,9H2,1H3,(H,10,13)(H,11,12)/t6-/m1/s1. The number of nitrogens with two attached hydrogens (primary N) is 1. The summed E-state index contributed by atoms with van der Waals surface area (Å²) in [6.45, 7) is 2.08. The number of hydrogen-bond donors (Lipinski definition) is 3. The predicted molar refractivity (Wildman–Crippen MR) is 48.1 cm³/mol. The number of rotatable bonds is 6. The fourth-order valence-electron chi connectivity index (χ4n) is 0.866. The Morgan fingerprint density at radius 1 is 1.54 bits per heavy atom. The zero-order valence-electron chi connectivity index (χ0n) is 7.75. The van der Waals surface area contributed by atoms with Crippen molar-refractivity contribution in [2.45, 2.75) is 32.2 Å². The van der Waals surface area contributed by atoms with Crippen LogP contribution in [0.1, 0.15) is 26.2 Å². The molecule has 0 heterocycles. The van der Waals surface area contributed by atoms with Crippen LogP contribution in [0.3, 0.4) is 0 Å². The van der Waals surface area contributed by atoms with E-state index in [-0.39, 0.29) is 18.9 Å². The number of nitrogens with one attached hydrogen (secondary N) is 1. The molecule has 0 saturated carbocycles. The molecule has 0 rings (SSSR count). The Morgan fingerprint density at radius 2 is 2.15 bits per heavy atom. The summed E-state index contributed by atoms with van der Waals surface area (Å²) < 4.78 is 0. The Bertz CT molecular complexity index is 182. The summed E-state index contributed by atoms with van der Waals surface area (Å²) in [6, 6.07) is -0.515. The van der Waals surface area contributed by atoms with E-state index < -0.39 is 12.0 Å². The van der Waals surface area contributed by atoms with Gasteiger partial charge in [0, 0.05) is 6.54 Å². The number of hydrogen-bond acceptors (Lipinski definition) is 3. The normalized spacial score (nSPS) is 12.2. The molecule has 0 radical (unpaired) electrons. The summed E-state index contributed by atoms with van der Waals surface area (Å²) in [4.78, 5) is 21.2. The SMILES string of the molecule is CCC[C@@H](N)C(=O)NCCC(=O)O. The third-order valence-corrected chi connectivity index (χ3v) is 1.57. The van der Waals surface area contributed by atoms with Gasteiger partial charge in [-0.15, -0.1) is 0 Å². The van der Waals surface area contributed by atoms with Gasteiger partial charge in [0.25, 0.3) is 0 Å². The van der Waals surface area contributed by atoms with Crippen LogP contribution in [0.15, 0.2) is 0 Å². The van der Waals surface area contributed by atoms with Crippen LogP contribution in [0, 0.1) is 0 Å². The van der Waals surface area contributed by atoms with Crippen molar-refractivity contribution in [1.29, 1.82) is 0 Å². The highest BCUT2D eigenvalue weighted by atomic mass is 16.4. The number of carbonyl (C=O) groups is 2. The lowest BCUT2D eigenvalue weighted by Crippen LogP contribution is -2.41. The van der Waals surface area contributed by atoms with Crippen molar-refractivity contribution in [3.63, 3.8) is 0 Å². The molecule has 0 aromatic heterocycles. The number of amides is 1. The molecule has 0 saturated heterocycles. The van der Waals surface area contributed by atoms with E-state index in [1.54, 1.807) is 0 Å². The van der Waals surface area contributed by atoms with Crippen molar-refractivity contribution >= 4 is 11.9 Å². The van der Waals surface area contributed by atoms with Gasteiger partial charge in [0.15, 0.2) is 0 Å². The monoisotopic (exact) mass is 188 g/mol. The van der Waals surface area contributed by atoms with Crippen LogP contribution in [0.25, 0.3) is 0 Å². The summed E-state index contributed by atoms with van der Waals surface area (Å²) in [5, 5.41) is 10.7. The van der Waals surface area contributed by atoms with Gasteiger partial charge in [0.2, 0.25) is 5.91 Å².